The normalized spacial score (nSPS) is 20.2. The molecule has 0 spiro atoms. The molecular formula is C8H19BN3O4P3. The number of nitrogens with zero attached hydrogens (tertiary/aromatic N) is 2. The molecule has 0 radical (unpaired) electrons. The van der Waals surface area contributed by atoms with E-state index >= 15 is 0 Å². The lowest BCUT2D eigenvalue weighted by Crippen LogP contribution is -2.58. The van der Waals surface area contributed by atoms with Gasteiger partial charge < -0.3 is 18.9 Å². The Balaban J connectivity index is 2.58. The van der Waals surface area contributed by atoms with E-state index in [1.54, 1.807) is 4.90 Å². The zero-order valence-electron chi connectivity index (χ0n) is 10.6. The summed E-state index contributed by atoms with van der Waals surface area (Å²) in [5.74, 6) is -0.276. The van der Waals surface area contributed by atoms with Gasteiger partial charge in [-0.25, -0.2) is 0 Å². The molecule has 108 valence electrons. The topological polar surface area (TPSA) is 71.1 Å². The molecule has 19 heavy (non-hydrogen) atoms. The van der Waals surface area contributed by atoms with Gasteiger partial charge in [-0.2, -0.15) is 0 Å². The number of amides is 1. The van der Waals surface area contributed by atoms with Crippen LogP contribution in [0.2, 0.25) is 0 Å². The van der Waals surface area contributed by atoms with Crippen molar-refractivity contribution in [3.05, 3.63) is 0 Å². The minimum atomic E-state index is -0.315. The molecule has 1 saturated heterocycles. The molecule has 0 aliphatic carbocycles. The van der Waals surface area contributed by atoms with Gasteiger partial charge in [0.25, 0.3) is 0 Å². The van der Waals surface area contributed by atoms with Gasteiger partial charge in [-0.05, 0) is 0 Å². The second-order valence-electron chi connectivity index (χ2n) is 4.17. The van der Waals surface area contributed by atoms with Crippen LogP contribution in [0.15, 0.2) is 0 Å². The largest absolute Gasteiger partial charge is 0.451 e. The van der Waals surface area contributed by atoms with Gasteiger partial charge in [0.1, 0.15) is 0 Å². The molecule has 1 fully saturated rings. The summed E-state index contributed by atoms with van der Waals surface area (Å²) in [5, 5.41) is 0. The number of hydrogen-bond donors (Lipinski definition) is 1. The maximum atomic E-state index is 11.8. The minimum absolute atomic E-state index is 0.0104. The van der Waals surface area contributed by atoms with E-state index in [1.165, 1.54) is 0 Å². The van der Waals surface area contributed by atoms with Crippen LogP contribution in [0.4, 0.5) is 4.79 Å². The van der Waals surface area contributed by atoms with Crippen molar-refractivity contribution < 1.29 is 18.6 Å². The Bertz CT molecular complexity index is 326. The number of carbonyl (C=O) groups is 2. The van der Waals surface area contributed by atoms with E-state index in [9.17, 15) is 9.59 Å². The first-order chi connectivity index (χ1) is 9.12. The van der Waals surface area contributed by atoms with Crippen LogP contribution >= 0.6 is 28.3 Å². The van der Waals surface area contributed by atoms with E-state index in [1.807, 2.05) is 14.4 Å². The first kappa shape index (κ1) is 17.2. The van der Waals surface area contributed by atoms with Crippen molar-refractivity contribution in [2.75, 3.05) is 32.8 Å². The lowest BCUT2D eigenvalue weighted by molar-refractivity contribution is -0.135. The van der Waals surface area contributed by atoms with Crippen LogP contribution in [0, 0.1) is 0 Å². The molecule has 1 aliphatic rings. The molecule has 11 heteroatoms. The highest BCUT2D eigenvalue weighted by Gasteiger charge is 2.30. The fraction of sp³-hybridized carbons (Fsp3) is 0.750. The molecule has 0 aromatic carbocycles. The van der Waals surface area contributed by atoms with Gasteiger partial charge in [-0.15, -0.1) is 0 Å². The lowest BCUT2D eigenvalue weighted by atomic mass is 9.93. The number of nitrogens with one attached hydrogen (secondary N) is 1. The van der Waals surface area contributed by atoms with Crippen LogP contribution in [0.25, 0.3) is 0 Å². The predicted molar refractivity (Wildman–Crippen MR) is 83.8 cm³/mol. The molecule has 1 aliphatic heterocycles. The van der Waals surface area contributed by atoms with Crippen molar-refractivity contribution in [3.63, 3.8) is 0 Å². The summed E-state index contributed by atoms with van der Waals surface area (Å²) in [7, 11) is 6.73. The van der Waals surface area contributed by atoms with Gasteiger partial charge in [-0.1, -0.05) is 9.39 Å². The fourth-order valence-electron chi connectivity index (χ4n) is 2.00. The molecule has 0 saturated carbocycles. The van der Waals surface area contributed by atoms with Crippen molar-refractivity contribution in [2.45, 2.75) is 6.04 Å². The van der Waals surface area contributed by atoms with Gasteiger partial charge in [0, 0.05) is 29.1 Å². The van der Waals surface area contributed by atoms with E-state index in [4.69, 9.17) is 4.52 Å². The second kappa shape index (κ2) is 9.17. The molecule has 0 aromatic rings. The summed E-state index contributed by atoms with van der Waals surface area (Å²) in [5.41, 5.74) is 0. The summed E-state index contributed by atoms with van der Waals surface area (Å²) >= 11 is 0. The number of piperazine rings is 1. The fourth-order valence-corrected chi connectivity index (χ4v) is 2.47. The first-order valence-electron chi connectivity index (χ1n) is 5.79. The van der Waals surface area contributed by atoms with Crippen molar-refractivity contribution in [1.82, 2.24) is 14.8 Å². The third kappa shape index (κ3) is 5.59. The Morgan fingerprint density at radius 3 is 2.68 bits per heavy atom. The number of rotatable bonds is 6. The molecule has 7 nitrogen and oxygen atoms in total. The zero-order valence-corrected chi connectivity index (χ0v) is 14.0. The molecule has 0 bridgehead atoms. The van der Waals surface area contributed by atoms with Crippen LogP contribution in [-0.2, 0) is 13.8 Å². The van der Waals surface area contributed by atoms with E-state index < -0.39 is 0 Å². The monoisotopic (exact) mass is 325 g/mol. The Morgan fingerprint density at radius 2 is 2.11 bits per heavy atom. The molecular weight excluding hydrogens is 306 g/mol. The third-order valence-corrected chi connectivity index (χ3v) is 3.62. The third-order valence-electron chi connectivity index (χ3n) is 2.96. The van der Waals surface area contributed by atoms with Gasteiger partial charge in [0.2, 0.25) is 0 Å². The summed E-state index contributed by atoms with van der Waals surface area (Å²) in [4.78, 5) is 29.6. The Morgan fingerprint density at radius 1 is 1.37 bits per heavy atom. The highest BCUT2D eigenvalue weighted by atomic mass is 31.0. The van der Waals surface area contributed by atoms with Crippen LogP contribution < -0.4 is 5.00 Å². The number of carbonyl (C=O) groups excluding carboxylic acids is 2. The Labute approximate surface area is 120 Å². The summed E-state index contributed by atoms with van der Waals surface area (Å²) in [6.07, 6.45) is 0. The van der Waals surface area contributed by atoms with Crippen molar-refractivity contribution in [3.8, 4) is 0 Å². The summed E-state index contributed by atoms with van der Waals surface area (Å²) in [6.45, 7) is 2.41. The SMILES string of the molecule is O=C(CN1CCN(C(=O)BNP)CC1COP)OP. The Kier molecular flexibility index (Phi) is 8.32. The van der Waals surface area contributed by atoms with Gasteiger partial charge in [-0.3, -0.25) is 14.5 Å². The predicted octanol–water partition coefficient (Wildman–Crippen LogP) is -1.04. The van der Waals surface area contributed by atoms with Crippen molar-refractivity contribution in [2.24, 2.45) is 0 Å². The van der Waals surface area contributed by atoms with Gasteiger partial charge >= 0.3 is 13.4 Å². The smallest absolute Gasteiger partial charge is 0.322 e. The van der Waals surface area contributed by atoms with E-state index in [-0.39, 0.29) is 31.8 Å². The van der Waals surface area contributed by atoms with Crippen LogP contribution in [-0.4, -0.2) is 67.8 Å². The molecule has 4 unspecified atom stereocenters. The van der Waals surface area contributed by atoms with E-state index in [2.05, 4.69) is 28.4 Å². The van der Waals surface area contributed by atoms with E-state index in [0.717, 1.165) is 0 Å². The first-order valence-corrected chi connectivity index (χ1v) is 7.31. The van der Waals surface area contributed by atoms with Crippen LogP contribution in [0.5, 0.6) is 0 Å². The van der Waals surface area contributed by atoms with Crippen LogP contribution in [0.3, 0.4) is 0 Å². The summed E-state index contributed by atoms with van der Waals surface area (Å²) < 4.78 is 9.66. The minimum Gasteiger partial charge on any atom is -0.451 e. The molecule has 1 amide bonds. The standard InChI is InChI=1S/C8H19BN3O4P3/c13-7(16-19)4-11-1-2-12(8(14)9-10-17)3-6(11)5-15-18/h6,9-10H,1-5,17-19H2. The molecule has 4 atom stereocenters. The van der Waals surface area contributed by atoms with Crippen molar-refractivity contribution in [1.29, 1.82) is 0 Å². The molecule has 1 rings (SSSR count). The maximum Gasteiger partial charge on any atom is 0.322 e. The van der Waals surface area contributed by atoms with Crippen LogP contribution in [0.1, 0.15) is 0 Å². The highest BCUT2D eigenvalue weighted by molar-refractivity contribution is 7.18. The highest BCUT2D eigenvalue weighted by Crippen LogP contribution is 2.12. The maximum absolute atomic E-state index is 11.8. The molecule has 0 aromatic heterocycles. The van der Waals surface area contributed by atoms with Gasteiger partial charge in [0.05, 0.1) is 28.7 Å². The van der Waals surface area contributed by atoms with E-state index in [0.29, 0.717) is 26.2 Å². The molecule has 1 heterocycles. The zero-order chi connectivity index (χ0) is 14.3. The second-order valence-corrected chi connectivity index (χ2v) is 5.15. The molecule has 1 N–H and O–H groups in total. The average molecular weight is 325 g/mol. The Hall–Kier alpha value is 0.175. The summed E-state index contributed by atoms with van der Waals surface area (Å²) in [6, 6.07) is -0.0104. The average Bonchev–Trinajstić information content (AvgIpc) is 2.41. The van der Waals surface area contributed by atoms with Gasteiger partial charge in [0.15, 0.2) is 5.81 Å². The quantitative estimate of drug-likeness (QED) is 0.497. The van der Waals surface area contributed by atoms with Crippen molar-refractivity contribution >= 4 is 47.5 Å². The lowest BCUT2D eigenvalue weighted by Gasteiger charge is -2.40. The number of hydrogen-bond acceptors (Lipinski definition) is 6.